The second kappa shape index (κ2) is 10.5. The molecule has 0 heterocycles. The van der Waals surface area contributed by atoms with Crippen molar-refractivity contribution in [2.75, 3.05) is 27.8 Å². The van der Waals surface area contributed by atoms with Crippen molar-refractivity contribution in [2.45, 2.75) is 25.9 Å². The molecule has 0 aliphatic carbocycles. The summed E-state index contributed by atoms with van der Waals surface area (Å²) in [7, 11) is 5.14. The fourth-order valence-corrected chi connectivity index (χ4v) is 3.07. The van der Waals surface area contributed by atoms with Crippen LogP contribution in [0.5, 0.6) is 11.5 Å². The number of likely N-dealkylation sites (N-methyl/N-ethyl adjacent to an activating group) is 1. The van der Waals surface area contributed by atoms with E-state index in [1.165, 1.54) is 6.92 Å². The largest absolute Gasteiger partial charge is 0.493 e. The number of Topliss-reactive ketones (excluding diaryl/α,β-unsaturated/α-hetero) is 1. The third-order valence-corrected chi connectivity index (χ3v) is 4.52. The van der Waals surface area contributed by atoms with E-state index >= 15 is 0 Å². The number of ketones is 1. The van der Waals surface area contributed by atoms with E-state index in [-0.39, 0.29) is 18.2 Å². The SMILES string of the molecule is COc1ccc(C[NH+](C)CC(=O)N[C@@H](Cc2ccccc2)C(C)=O)cc1OC. The molecule has 6 nitrogen and oxygen atoms in total. The van der Waals surface area contributed by atoms with Crippen LogP contribution in [0.1, 0.15) is 18.1 Å². The molecular weight excluding hydrogens is 356 g/mol. The molecule has 0 aromatic heterocycles. The smallest absolute Gasteiger partial charge is 0.275 e. The van der Waals surface area contributed by atoms with Crippen LogP contribution in [0.4, 0.5) is 0 Å². The van der Waals surface area contributed by atoms with Crippen molar-refractivity contribution in [3.8, 4) is 11.5 Å². The summed E-state index contributed by atoms with van der Waals surface area (Å²) in [5.74, 6) is 1.15. The number of carbonyl (C=O) groups is 2. The Bertz CT molecular complexity index is 792. The number of hydrogen-bond acceptors (Lipinski definition) is 4. The molecule has 2 atom stereocenters. The van der Waals surface area contributed by atoms with Crippen molar-refractivity contribution in [3.05, 3.63) is 59.7 Å². The first kappa shape index (κ1) is 21.4. The monoisotopic (exact) mass is 385 g/mol. The molecule has 0 bridgehead atoms. The number of amides is 1. The highest BCUT2D eigenvalue weighted by atomic mass is 16.5. The van der Waals surface area contributed by atoms with E-state index in [9.17, 15) is 9.59 Å². The highest BCUT2D eigenvalue weighted by Gasteiger charge is 2.20. The lowest BCUT2D eigenvalue weighted by Gasteiger charge is -2.19. The summed E-state index contributed by atoms with van der Waals surface area (Å²) in [6.45, 7) is 2.43. The van der Waals surface area contributed by atoms with Gasteiger partial charge in [0.25, 0.3) is 5.91 Å². The number of hydrogen-bond donors (Lipinski definition) is 2. The van der Waals surface area contributed by atoms with Crippen molar-refractivity contribution >= 4 is 11.7 Å². The van der Waals surface area contributed by atoms with E-state index in [0.717, 1.165) is 16.0 Å². The van der Waals surface area contributed by atoms with Crippen LogP contribution in [-0.2, 0) is 22.6 Å². The Hall–Kier alpha value is -2.86. The van der Waals surface area contributed by atoms with E-state index < -0.39 is 6.04 Å². The average molecular weight is 385 g/mol. The summed E-state index contributed by atoms with van der Waals surface area (Å²) in [5.41, 5.74) is 2.06. The van der Waals surface area contributed by atoms with Gasteiger partial charge in [-0.2, -0.15) is 0 Å². The van der Waals surface area contributed by atoms with Gasteiger partial charge in [0.2, 0.25) is 0 Å². The Morgan fingerprint density at radius 1 is 1.00 bits per heavy atom. The first-order valence-electron chi connectivity index (χ1n) is 9.29. The van der Waals surface area contributed by atoms with Crippen LogP contribution in [0.25, 0.3) is 0 Å². The van der Waals surface area contributed by atoms with Crippen molar-refractivity contribution in [1.82, 2.24) is 5.32 Å². The van der Waals surface area contributed by atoms with Crippen LogP contribution in [0.3, 0.4) is 0 Å². The van der Waals surface area contributed by atoms with Gasteiger partial charge in [-0.3, -0.25) is 9.59 Å². The van der Waals surface area contributed by atoms with Crippen LogP contribution in [-0.4, -0.2) is 45.5 Å². The Labute approximate surface area is 166 Å². The lowest BCUT2D eigenvalue weighted by Crippen LogP contribution is -3.09. The lowest BCUT2D eigenvalue weighted by atomic mass is 10.0. The minimum atomic E-state index is -0.510. The molecule has 6 heteroatoms. The number of nitrogens with one attached hydrogen (secondary N) is 2. The van der Waals surface area contributed by atoms with Crippen molar-refractivity contribution in [2.24, 2.45) is 0 Å². The zero-order valence-corrected chi connectivity index (χ0v) is 17.0. The van der Waals surface area contributed by atoms with E-state index in [4.69, 9.17) is 9.47 Å². The van der Waals surface area contributed by atoms with E-state index in [2.05, 4.69) is 5.32 Å². The zero-order chi connectivity index (χ0) is 20.5. The predicted molar refractivity (Wildman–Crippen MR) is 108 cm³/mol. The van der Waals surface area contributed by atoms with E-state index in [1.807, 2.05) is 55.6 Å². The lowest BCUT2D eigenvalue weighted by molar-refractivity contribution is -0.885. The summed E-state index contributed by atoms with van der Waals surface area (Å²) in [6.07, 6.45) is 0.497. The van der Waals surface area contributed by atoms with Gasteiger partial charge in [-0.25, -0.2) is 0 Å². The molecule has 1 amide bonds. The Morgan fingerprint density at radius 3 is 2.29 bits per heavy atom. The molecule has 0 saturated heterocycles. The molecule has 0 spiro atoms. The third kappa shape index (κ3) is 6.39. The van der Waals surface area contributed by atoms with Gasteiger partial charge in [0, 0.05) is 5.56 Å². The number of quaternary nitrogens is 1. The Kier molecular flexibility index (Phi) is 8.02. The van der Waals surface area contributed by atoms with Gasteiger partial charge in [0.05, 0.1) is 27.3 Å². The second-order valence-corrected chi connectivity index (χ2v) is 6.92. The molecule has 0 aliphatic rings. The molecule has 2 rings (SSSR count). The number of carbonyl (C=O) groups excluding carboxylic acids is 2. The first-order chi connectivity index (χ1) is 13.4. The van der Waals surface area contributed by atoms with E-state index in [1.54, 1.807) is 14.2 Å². The quantitative estimate of drug-likeness (QED) is 0.641. The van der Waals surface area contributed by atoms with Gasteiger partial charge in [0.15, 0.2) is 23.8 Å². The second-order valence-electron chi connectivity index (χ2n) is 6.92. The number of rotatable bonds is 10. The maximum Gasteiger partial charge on any atom is 0.275 e. The molecule has 28 heavy (non-hydrogen) atoms. The standard InChI is InChI=1S/C22H28N2O4/c1-16(25)19(12-17-8-6-5-7-9-17)23-22(26)15-24(2)14-18-10-11-20(27-3)21(13-18)28-4/h5-11,13,19H,12,14-15H2,1-4H3,(H,23,26)/p+1/t19-/m0/s1. The summed E-state index contributed by atoms with van der Waals surface area (Å²) >= 11 is 0. The molecule has 0 radical (unpaired) electrons. The van der Waals surface area contributed by atoms with Gasteiger partial charge < -0.3 is 19.7 Å². The molecule has 0 aliphatic heterocycles. The normalized spacial score (nSPS) is 12.7. The topological polar surface area (TPSA) is 69.1 Å². The zero-order valence-electron chi connectivity index (χ0n) is 17.0. The summed E-state index contributed by atoms with van der Waals surface area (Å²) in [4.78, 5) is 25.4. The summed E-state index contributed by atoms with van der Waals surface area (Å²) < 4.78 is 10.6. The number of ether oxygens (including phenoxy) is 2. The maximum absolute atomic E-state index is 12.4. The van der Waals surface area contributed by atoms with Crippen molar-refractivity contribution in [1.29, 1.82) is 0 Å². The van der Waals surface area contributed by atoms with Gasteiger partial charge in [-0.1, -0.05) is 30.3 Å². The minimum Gasteiger partial charge on any atom is -0.493 e. The molecular formula is C22H29N2O4+. The van der Waals surface area contributed by atoms with Gasteiger partial charge >= 0.3 is 0 Å². The fraction of sp³-hybridized carbons (Fsp3) is 0.364. The van der Waals surface area contributed by atoms with Crippen LogP contribution >= 0.6 is 0 Å². The van der Waals surface area contributed by atoms with Crippen LogP contribution < -0.4 is 19.7 Å². The minimum absolute atomic E-state index is 0.0465. The first-order valence-corrected chi connectivity index (χ1v) is 9.29. The third-order valence-electron chi connectivity index (χ3n) is 4.52. The highest BCUT2D eigenvalue weighted by Crippen LogP contribution is 2.27. The molecule has 1 unspecified atom stereocenters. The molecule has 0 fully saturated rings. The Morgan fingerprint density at radius 2 is 1.68 bits per heavy atom. The number of methoxy groups -OCH3 is 2. The van der Waals surface area contributed by atoms with Crippen LogP contribution in [0, 0.1) is 0 Å². The predicted octanol–water partition coefficient (Wildman–Crippen LogP) is 1.04. The van der Waals surface area contributed by atoms with E-state index in [0.29, 0.717) is 24.5 Å². The maximum atomic E-state index is 12.4. The fourth-order valence-electron chi connectivity index (χ4n) is 3.07. The molecule has 2 aromatic rings. The average Bonchev–Trinajstić information content (AvgIpc) is 2.67. The van der Waals surface area contributed by atoms with Crippen LogP contribution in [0.2, 0.25) is 0 Å². The molecule has 0 saturated carbocycles. The van der Waals surface area contributed by atoms with Gasteiger partial charge in [-0.15, -0.1) is 0 Å². The van der Waals surface area contributed by atoms with Crippen molar-refractivity contribution < 1.29 is 24.0 Å². The molecule has 2 aromatic carbocycles. The number of benzene rings is 2. The van der Waals surface area contributed by atoms with Crippen molar-refractivity contribution in [3.63, 3.8) is 0 Å². The molecule has 2 N–H and O–H groups in total. The van der Waals surface area contributed by atoms with Crippen LogP contribution in [0.15, 0.2) is 48.5 Å². The molecule has 150 valence electrons. The summed E-state index contributed by atoms with van der Waals surface area (Å²) in [6, 6.07) is 14.9. The summed E-state index contributed by atoms with van der Waals surface area (Å²) in [5, 5.41) is 2.87. The highest BCUT2D eigenvalue weighted by molar-refractivity contribution is 5.88. The van der Waals surface area contributed by atoms with Gasteiger partial charge in [-0.05, 0) is 37.1 Å². The van der Waals surface area contributed by atoms with Gasteiger partial charge in [0.1, 0.15) is 6.54 Å². The Balaban J connectivity index is 1.92.